The Balaban J connectivity index is 1.56. The first kappa shape index (κ1) is 14.2. The Morgan fingerprint density at radius 3 is 2.95 bits per heavy atom. The van der Waals surface area contributed by atoms with Crippen molar-refractivity contribution in [3.8, 4) is 0 Å². The zero-order chi connectivity index (χ0) is 14.3. The predicted octanol–water partition coefficient (Wildman–Crippen LogP) is 2.67. The molecule has 0 amide bonds. The molecule has 116 valence electrons. The fourth-order valence-electron chi connectivity index (χ4n) is 4.52. The van der Waals surface area contributed by atoms with Gasteiger partial charge in [-0.1, -0.05) is 6.07 Å². The monoisotopic (exact) mass is 305 g/mol. The minimum absolute atomic E-state index is 0.261. The Labute approximate surface area is 132 Å². The lowest BCUT2D eigenvalue weighted by Crippen LogP contribution is -2.61. The standard InChI is InChI=1S/C17H27N3S/c18-13-17(7-9-19-8-1-3-15(19)11-17)20(14-5-6-14)12-16-4-2-10-21-16/h2,4,10,14-15H,1,3,5-9,11-13,18H2. The van der Waals surface area contributed by atoms with E-state index < -0.39 is 0 Å². The lowest BCUT2D eigenvalue weighted by molar-refractivity contribution is -0.000378. The molecule has 2 atom stereocenters. The maximum absolute atomic E-state index is 6.36. The maximum Gasteiger partial charge on any atom is 0.0365 e. The second-order valence-electron chi connectivity index (χ2n) is 7.15. The van der Waals surface area contributed by atoms with Crippen molar-refractivity contribution in [2.45, 2.75) is 62.7 Å². The van der Waals surface area contributed by atoms with Crippen molar-refractivity contribution in [2.24, 2.45) is 5.73 Å². The van der Waals surface area contributed by atoms with Gasteiger partial charge in [-0.25, -0.2) is 0 Å². The smallest absolute Gasteiger partial charge is 0.0365 e. The summed E-state index contributed by atoms with van der Waals surface area (Å²) in [6, 6.07) is 6.06. The van der Waals surface area contributed by atoms with E-state index in [1.54, 1.807) is 0 Å². The van der Waals surface area contributed by atoms with Gasteiger partial charge in [0.25, 0.3) is 0 Å². The average molecular weight is 305 g/mol. The number of hydrogen-bond donors (Lipinski definition) is 1. The first-order chi connectivity index (χ1) is 10.3. The molecule has 0 spiro atoms. The summed E-state index contributed by atoms with van der Waals surface area (Å²) in [6.07, 6.45) is 8.09. The molecule has 4 rings (SSSR count). The van der Waals surface area contributed by atoms with E-state index in [1.807, 2.05) is 11.3 Å². The zero-order valence-electron chi connectivity index (χ0n) is 12.8. The molecular formula is C17H27N3S. The SMILES string of the molecule is NCC1(N(Cc2cccs2)C2CC2)CCN2CCCC2C1. The summed E-state index contributed by atoms with van der Waals surface area (Å²) in [7, 11) is 0. The summed E-state index contributed by atoms with van der Waals surface area (Å²) in [5, 5.41) is 2.20. The average Bonchev–Trinajstić information content (AvgIpc) is 3.02. The van der Waals surface area contributed by atoms with Gasteiger partial charge in [0.15, 0.2) is 0 Å². The molecule has 1 aromatic rings. The van der Waals surface area contributed by atoms with Crippen LogP contribution in [0.15, 0.2) is 17.5 Å². The molecule has 2 N–H and O–H groups in total. The Kier molecular flexibility index (Phi) is 3.82. The molecule has 2 unspecified atom stereocenters. The highest BCUT2D eigenvalue weighted by molar-refractivity contribution is 7.09. The summed E-state index contributed by atoms with van der Waals surface area (Å²) in [5.41, 5.74) is 6.62. The molecule has 1 aliphatic carbocycles. The van der Waals surface area contributed by atoms with Crippen molar-refractivity contribution >= 4 is 11.3 Å². The molecule has 0 aromatic carbocycles. The van der Waals surface area contributed by atoms with Crippen LogP contribution >= 0.6 is 11.3 Å². The minimum Gasteiger partial charge on any atom is -0.329 e. The third kappa shape index (κ3) is 2.67. The molecule has 0 radical (unpaired) electrons. The van der Waals surface area contributed by atoms with Crippen molar-refractivity contribution in [3.63, 3.8) is 0 Å². The molecule has 4 heteroatoms. The van der Waals surface area contributed by atoms with Gasteiger partial charge >= 0.3 is 0 Å². The molecule has 1 saturated carbocycles. The number of rotatable bonds is 5. The van der Waals surface area contributed by atoms with Crippen LogP contribution in [0.3, 0.4) is 0 Å². The van der Waals surface area contributed by atoms with Crippen LogP contribution in [0, 0.1) is 0 Å². The molecule has 3 heterocycles. The fraction of sp³-hybridized carbons (Fsp3) is 0.765. The van der Waals surface area contributed by atoms with Gasteiger partial charge < -0.3 is 10.6 Å². The summed E-state index contributed by atoms with van der Waals surface area (Å²) in [4.78, 5) is 7.02. The van der Waals surface area contributed by atoms with Crippen LogP contribution in [-0.2, 0) is 6.54 Å². The van der Waals surface area contributed by atoms with Crippen LogP contribution in [-0.4, -0.2) is 47.1 Å². The Morgan fingerprint density at radius 1 is 1.33 bits per heavy atom. The summed E-state index contributed by atoms with van der Waals surface area (Å²) >= 11 is 1.90. The van der Waals surface area contributed by atoms with E-state index in [0.29, 0.717) is 0 Å². The molecule has 3 nitrogen and oxygen atoms in total. The van der Waals surface area contributed by atoms with Gasteiger partial charge in [0.05, 0.1) is 0 Å². The van der Waals surface area contributed by atoms with E-state index in [9.17, 15) is 0 Å². The molecule has 2 saturated heterocycles. The highest BCUT2D eigenvalue weighted by atomic mass is 32.1. The normalized spacial score (nSPS) is 33.5. The Morgan fingerprint density at radius 2 is 2.24 bits per heavy atom. The molecule has 0 bridgehead atoms. The van der Waals surface area contributed by atoms with Crippen molar-refractivity contribution in [3.05, 3.63) is 22.4 Å². The lowest BCUT2D eigenvalue weighted by Gasteiger charge is -2.50. The molecule has 2 aliphatic heterocycles. The second kappa shape index (κ2) is 5.65. The van der Waals surface area contributed by atoms with E-state index in [-0.39, 0.29) is 5.54 Å². The van der Waals surface area contributed by atoms with E-state index in [4.69, 9.17) is 5.73 Å². The van der Waals surface area contributed by atoms with Crippen molar-refractivity contribution in [1.82, 2.24) is 9.80 Å². The molecule has 3 fully saturated rings. The zero-order valence-corrected chi connectivity index (χ0v) is 13.7. The maximum atomic E-state index is 6.36. The van der Waals surface area contributed by atoms with E-state index in [1.165, 1.54) is 56.5 Å². The molecule has 21 heavy (non-hydrogen) atoms. The van der Waals surface area contributed by atoms with Crippen LogP contribution in [0.2, 0.25) is 0 Å². The van der Waals surface area contributed by atoms with Crippen molar-refractivity contribution in [1.29, 1.82) is 0 Å². The molecular weight excluding hydrogens is 278 g/mol. The van der Waals surface area contributed by atoms with Gasteiger partial charge in [0.2, 0.25) is 0 Å². The Hall–Kier alpha value is -0.420. The summed E-state index contributed by atoms with van der Waals surface area (Å²) < 4.78 is 0. The number of nitrogens with two attached hydrogens (primary N) is 1. The number of thiophene rings is 1. The second-order valence-corrected chi connectivity index (χ2v) is 8.19. The first-order valence-electron chi connectivity index (χ1n) is 8.54. The quantitative estimate of drug-likeness (QED) is 0.908. The first-order valence-corrected chi connectivity index (χ1v) is 9.42. The Bertz CT molecular complexity index is 470. The van der Waals surface area contributed by atoms with Crippen LogP contribution in [0.4, 0.5) is 0 Å². The van der Waals surface area contributed by atoms with Crippen LogP contribution in [0.25, 0.3) is 0 Å². The summed E-state index contributed by atoms with van der Waals surface area (Å²) in [5.74, 6) is 0. The summed E-state index contributed by atoms with van der Waals surface area (Å²) in [6.45, 7) is 4.53. The van der Waals surface area contributed by atoms with Gasteiger partial charge in [0.1, 0.15) is 0 Å². The van der Waals surface area contributed by atoms with Crippen LogP contribution in [0.1, 0.15) is 43.4 Å². The highest BCUT2D eigenvalue weighted by Gasteiger charge is 2.48. The van der Waals surface area contributed by atoms with Crippen molar-refractivity contribution in [2.75, 3.05) is 19.6 Å². The highest BCUT2D eigenvalue weighted by Crippen LogP contribution is 2.42. The molecule has 3 aliphatic rings. The number of fused-ring (bicyclic) bond motifs is 1. The van der Waals surface area contributed by atoms with Crippen LogP contribution in [0.5, 0.6) is 0 Å². The van der Waals surface area contributed by atoms with E-state index in [2.05, 4.69) is 27.3 Å². The largest absolute Gasteiger partial charge is 0.329 e. The third-order valence-corrected chi connectivity index (χ3v) is 6.72. The van der Waals surface area contributed by atoms with Gasteiger partial charge in [-0.2, -0.15) is 0 Å². The van der Waals surface area contributed by atoms with Gasteiger partial charge in [0, 0.05) is 42.1 Å². The topological polar surface area (TPSA) is 32.5 Å². The van der Waals surface area contributed by atoms with Gasteiger partial charge in [-0.3, -0.25) is 4.90 Å². The van der Waals surface area contributed by atoms with Crippen molar-refractivity contribution < 1.29 is 0 Å². The van der Waals surface area contributed by atoms with Gasteiger partial charge in [-0.15, -0.1) is 11.3 Å². The van der Waals surface area contributed by atoms with Crippen LogP contribution < -0.4 is 5.73 Å². The van der Waals surface area contributed by atoms with Gasteiger partial charge in [-0.05, 0) is 56.5 Å². The van der Waals surface area contributed by atoms with E-state index >= 15 is 0 Å². The lowest BCUT2D eigenvalue weighted by atomic mass is 9.81. The van der Waals surface area contributed by atoms with E-state index in [0.717, 1.165) is 25.2 Å². The molecule has 1 aromatic heterocycles. The number of piperidine rings is 1. The third-order valence-electron chi connectivity index (χ3n) is 5.86. The number of hydrogen-bond acceptors (Lipinski definition) is 4. The number of nitrogens with zero attached hydrogens (tertiary/aromatic N) is 2. The predicted molar refractivity (Wildman–Crippen MR) is 88.5 cm³/mol. The fourth-order valence-corrected chi connectivity index (χ4v) is 5.22. The minimum atomic E-state index is 0.261.